The molecule has 2 rings (SSSR count). The van der Waals surface area contributed by atoms with Gasteiger partial charge in [0.25, 0.3) is 0 Å². The molecule has 1 aromatic heterocycles. The van der Waals surface area contributed by atoms with Gasteiger partial charge in [-0.3, -0.25) is 4.79 Å². The predicted octanol–water partition coefficient (Wildman–Crippen LogP) is 3.75. The maximum Gasteiger partial charge on any atom is 0.222 e. The number of amides is 1. The van der Waals surface area contributed by atoms with E-state index in [9.17, 15) is 4.79 Å². The van der Waals surface area contributed by atoms with E-state index in [1.54, 1.807) is 30.5 Å². The Labute approximate surface area is 141 Å². The Hall–Kier alpha value is -2.01. The molecule has 0 fully saturated rings. The van der Waals surface area contributed by atoms with Crippen LogP contribution in [0.3, 0.4) is 0 Å². The Kier molecular flexibility index (Phi) is 6.47. The molecular weight excluding hydrogens is 310 g/mol. The minimum absolute atomic E-state index is 0.152. The molecule has 4 nitrogen and oxygen atoms in total. The van der Waals surface area contributed by atoms with Crippen molar-refractivity contribution in [2.45, 2.75) is 25.8 Å². The average molecular weight is 333 g/mol. The molecule has 0 N–H and O–H groups in total. The van der Waals surface area contributed by atoms with E-state index >= 15 is 0 Å². The number of nitrogens with zero attached hydrogens (tertiary/aromatic N) is 1. The number of carbonyl (C=O) groups is 1. The molecule has 5 heteroatoms. The number of benzene rings is 1. The van der Waals surface area contributed by atoms with E-state index in [2.05, 4.69) is 11.4 Å². The number of rotatable bonds is 8. The van der Waals surface area contributed by atoms with Crippen LogP contribution in [0, 0.1) is 0 Å². The molecule has 0 saturated heterocycles. The summed E-state index contributed by atoms with van der Waals surface area (Å²) in [7, 11) is 5.08. The first-order valence-electron chi connectivity index (χ1n) is 7.61. The van der Waals surface area contributed by atoms with Crippen LogP contribution in [0.5, 0.6) is 11.5 Å². The van der Waals surface area contributed by atoms with Gasteiger partial charge in [-0.25, -0.2) is 0 Å². The maximum absolute atomic E-state index is 12.3. The summed E-state index contributed by atoms with van der Waals surface area (Å²) in [4.78, 5) is 15.3. The van der Waals surface area contributed by atoms with Gasteiger partial charge >= 0.3 is 0 Å². The fraction of sp³-hybridized carbons (Fsp3) is 0.389. The Morgan fingerprint density at radius 1 is 1.22 bits per heavy atom. The smallest absolute Gasteiger partial charge is 0.222 e. The van der Waals surface area contributed by atoms with Gasteiger partial charge in [0.2, 0.25) is 5.91 Å². The minimum Gasteiger partial charge on any atom is -0.497 e. The molecule has 0 aliphatic carbocycles. The lowest BCUT2D eigenvalue weighted by molar-refractivity contribution is -0.130. The molecule has 0 radical (unpaired) electrons. The Morgan fingerprint density at radius 3 is 2.70 bits per heavy atom. The van der Waals surface area contributed by atoms with Gasteiger partial charge in [-0.2, -0.15) is 0 Å². The third-order valence-corrected chi connectivity index (χ3v) is 4.66. The standard InChI is InChI=1S/C18H23NO3S/c1-19(18(20)8-4-6-16-7-5-11-23-16)13-14-9-10-15(21-2)12-17(14)22-3/h5,7,9-12H,4,6,8,13H2,1-3H3. The first-order valence-corrected chi connectivity index (χ1v) is 8.49. The highest BCUT2D eigenvalue weighted by Gasteiger charge is 2.12. The molecule has 124 valence electrons. The number of aryl methyl sites for hydroxylation is 1. The molecule has 0 saturated carbocycles. The molecule has 0 atom stereocenters. The Balaban J connectivity index is 1.87. The van der Waals surface area contributed by atoms with Crippen molar-refractivity contribution in [2.24, 2.45) is 0 Å². The second kappa shape index (κ2) is 8.58. The van der Waals surface area contributed by atoms with Crippen LogP contribution in [-0.2, 0) is 17.8 Å². The number of methoxy groups -OCH3 is 2. The van der Waals surface area contributed by atoms with Gasteiger partial charge in [0.05, 0.1) is 14.2 Å². The van der Waals surface area contributed by atoms with Crippen LogP contribution < -0.4 is 9.47 Å². The Morgan fingerprint density at radius 2 is 2.04 bits per heavy atom. The minimum atomic E-state index is 0.152. The first-order chi connectivity index (χ1) is 11.1. The van der Waals surface area contributed by atoms with Gasteiger partial charge in [-0.05, 0) is 36.4 Å². The molecule has 2 aromatic rings. The van der Waals surface area contributed by atoms with Crippen molar-refractivity contribution in [2.75, 3.05) is 21.3 Å². The van der Waals surface area contributed by atoms with Gasteiger partial charge in [-0.1, -0.05) is 6.07 Å². The summed E-state index contributed by atoms with van der Waals surface area (Å²) in [5.74, 6) is 1.64. The zero-order chi connectivity index (χ0) is 16.7. The predicted molar refractivity (Wildman–Crippen MR) is 93.3 cm³/mol. The van der Waals surface area contributed by atoms with Gasteiger partial charge in [0.15, 0.2) is 0 Å². The van der Waals surface area contributed by atoms with Crippen LogP contribution in [0.4, 0.5) is 0 Å². The molecule has 0 spiro atoms. The van der Waals surface area contributed by atoms with Crippen molar-refractivity contribution in [3.8, 4) is 11.5 Å². The molecule has 1 heterocycles. The quantitative estimate of drug-likeness (QED) is 0.738. The van der Waals surface area contributed by atoms with E-state index < -0.39 is 0 Å². The lowest BCUT2D eigenvalue weighted by Gasteiger charge is -2.19. The van der Waals surface area contributed by atoms with Crippen LogP contribution >= 0.6 is 11.3 Å². The SMILES string of the molecule is COc1ccc(CN(C)C(=O)CCCc2cccs2)c(OC)c1. The summed E-state index contributed by atoms with van der Waals surface area (Å²) in [5, 5.41) is 2.07. The second-order valence-electron chi connectivity index (χ2n) is 5.36. The molecule has 0 aliphatic rings. The number of thiophene rings is 1. The van der Waals surface area contributed by atoms with Crippen molar-refractivity contribution < 1.29 is 14.3 Å². The lowest BCUT2D eigenvalue weighted by Crippen LogP contribution is -2.26. The van der Waals surface area contributed by atoms with E-state index in [0.29, 0.717) is 13.0 Å². The summed E-state index contributed by atoms with van der Waals surface area (Å²) in [6.07, 6.45) is 2.40. The van der Waals surface area contributed by atoms with E-state index in [0.717, 1.165) is 29.9 Å². The maximum atomic E-state index is 12.3. The van der Waals surface area contributed by atoms with Crippen molar-refractivity contribution in [1.82, 2.24) is 4.90 Å². The van der Waals surface area contributed by atoms with Crippen LogP contribution in [0.25, 0.3) is 0 Å². The zero-order valence-electron chi connectivity index (χ0n) is 13.9. The highest BCUT2D eigenvalue weighted by atomic mass is 32.1. The van der Waals surface area contributed by atoms with Gasteiger partial charge in [-0.15, -0.1) is 11.3 Å². The van der Waals surface area contributed by atoms with E-state index in [1.807, 2.05) is 31.3 Å². The summed E-state index contributed by atoms with van der Waals surface area (Å²) in [6.45, 7) is 0.533. The number of ether oxygens (including phenoxy) is 2. The third kappa shape index (κ3) is 4.99. The highest BCUT2D eigenvalue weighted by Crippen LogP contribution is 2.25. The van der Waals surface area contributed by atoms with Crippen molar-refractivity contribution in [3.05, 3.63) is 46.2 Å². The molecule has 1 aromatic carbocycles. The van der Waals surface area contributed by atoms with Gasteiger partial charge in [0.1, 0.15) is 11.5 Å². The zero-order valence-corrected chi connectivity index (χ0v) is 14.7. The topological polar surface area (TPSA) is 38.8 Å². The van der Waals surface area contributed by atoms with Crippen LogP contribution in [0.2, 0.25) is 0 Å². The normalized spacial score (nSPS) is 10.4. The Bertz CT molecular complexity index is 625. The van der Waals surface area contributed by atoms with E-state index in [-0.39, 0.29) is 5.91 Å². The van der Waals surface area contributed by atoms with Crippen molar-refractivity contribution in [3.63, 3.8) is 0 Å². The lowest BCUT2D eigenvalue weighted by atomic mass is 10.1. The summed E-state index contributed by atoms with van der Waals surface area (Å²) >= 11 is 1.74. The number of hydrogen-bond acceptors (Lipinski definition) is 4. The molecule has 0 aliphatic heterocycles. The molecule has 0 unspecified atom stereocenters. The van der Waals surface area contributed by atoms with Crippen LogP contribution in [-0.4, -0.2) is 32.1 Å². The average Bonchev–Trinajstić information content (AvgIpc) is 3.08. The van der Waals surface area contributed by atoms with E-state index in [1.165, 1.54) is 4.88 Å². The van der Waals surface area contributed by atoms with Gasteiger partial charge in [0, 0.05) is 36.5 Å². The van der Waals surface area contributed by atoms with Crippen molar-refractivity contribution >= 4 is 17.2 Å². The van der Waals surface area contributed by atoms with E-state index in [4.69, 9.17) is 9.47 Å². The molecule has 0 bridgehead atoms. The van der Waals surface area contributed by atoms with Gasteiger partial charge < -0.3 is 14.4 Å². The molecule has 23 heavy (non-hydrogen) atoms. The summed E-state index contributed by atoms with van der Waals surface area (Å²) < 4.78 is 10.6. The fourth-order valence-corrected chi connectivity index (χ4v) is 3.14. The highest BCUT2D eigenvalue weighted by molar-refractivity contribution is 7.09. The summed E-state index contributed by atoms with van der Waals surface area (Å²) in [5.41, 5.74) is 0.974. The van der Waals surface area contributed by atoms with Crippen molar-refractivity contribution in [1.29, 1.82) is 0 Å². The van der Waals surface area contributed by atoms with Crippen LogP contribution in [0.1, 0.15) is 23.3 Å². The molecular formula is C18H23NO3S. The number of hydrogen-bond donors (Lipinski definition) is 0. The second-order valence-corrected chi connectivity index (χ2v) is 6.39. The third-order valence-electron chi connectivity index (χ3n) is 3.72. The molecule has 1 amide bonds. The summed E-state index contributed by atoms with van der Waals surface area (Å²) in [6, 6.07) is 9.81. The number of carbonyl (C=O) groups excluding carboxylic acids is 1. The monoisotopic (exact) mass is 333 g/mol. The fourth-order valence-electron chi connectivity index (χ4n) is 2.39. The first kappa shape index (κ1) is 17.3. The largest absolute Gasteiger partial charge is 0.497 e. The van der Waals surface area contributed by atoms with Crippen LogP contribution in [0.15, 0.2) is 35.7 Å².